The van der Waals surface area contributed by atoms with Gasteiger partial charge in [-0.1, -0.05) is 20.8 Å². The molecule has 4 heteroatoms. The first-order valence-corrected chi connectivity index (χ1v) is 9.75. The summed E-state index contributed by atoms with van der Waals surface area (Å²) in [7, 11) is 0. The Balaban J connectivity index is 1.55. The molecule has 2 aliphatic rings. The standard InChI is InChI=1S/C19H38N2O2/c1-15(2)17-6-10-21(11-7-17)12-19(22)14-23-13-16(3)18-4-8-20-9-5-18/h15-20,22H,4-14H2,1-3H3. The molecule has 2 unspecified atom stereocenters. The maximum absolute atomic E-state index is 10.2. The van der Waals surface area contributed by atoms with E-state index in [1.54, 1.807) is 0 Å². The molecule has 0 spiro atoms. The smallest absolute Gasteiger partial charge is 0.0900 e. The number of rotatable bonds is 8. The number of ether oxygens (including phenoxy) is 1. The van der Waals surface area contributed by atoms with Crippen LogP contribution in [0, 0.1) is 23.7 Å². The average Bonchev–Trinajstić information content (AvgIpc) is 2.56. The van der Waals surface area contributed by atoms with Crippen LogP contribution in [-0.4, -0.2) is 62.0 Å². The molecule has 23 heavy (non-hydrogen) atoms. The zero-order valence-corrected chi connectivity index (χ0v) is 15.5. The molecule has 2 atom stereocenters. The van der Waals surface area contributed by atoms with Crippen LogP contribution in [0.4, 0.5) is 0 Å². The van der Waals surface area contributed by atoms with Gasteiger partial charge >= 0.3 is 0 Å². The lowest BCUT2D eigenvalue weighted by Gasteiger charge is -2.35. The number of nitrogens with zero attached hydrogens (tertiary/aromatic N) is 1. The van der Waals surface area contributed by atoms with E-state index in [1.165, 1.54) is 25.7 Å². The van der Waals surface area contributed by atoms with E-state index in [9.17, 15) is 5.11 Å². The number of piperidine rings is 2. The lowest BCUT2D eigenvalue weighted by Crippen LogP contribution is -2.41. The van der Waals surface area contributed by atoms with Crippen LogP contribution in [0.5, 0.6) is 0 Å². The summed E-state index contributed by atoms with van der Waals surface area (Å²) in [6.07, 6.45) is 4.73. The lowest BCUT2D eigenvalue weighted by molar-refractivity contribution is -0.00745. The van der Waals surface area contributed by atoms with Crippen molar-refractivity contribution in [2.45, 2.75) is 52.6 Å². The minimum absolute atomic E-state index is 0.342. The molecule has 0 radical (unpaired) electrons. The van der Waals surface area contributed by atoms with E-state index in [0.29, 0.717) is 12.5 Å². The van der Waals surface area contributed by atoms with Crippen molar-refractivity contribution in [1.82, 2.24) is 10.2 Å². The van der Waals surface area contributed by atoms with Crippen molar-refractivity contribution in [3.8, 4) is 0 Å². The number of aliphatic hydroxyl groups is 1. The predicted molar refractivity (Wildman–Crippen MR) is 95.6 cm³/mol. The summed E-state index contributed by atoms with van der Waals surface area (Å²) in [4.78, 5) is 2.41. The van der Waals surface area contributed by atoms with Gasteiger partial charge in [0.25, 0.3) is 0 Å². The first-order chi connectivity index (χ1) is 11.1. The van der Waals surface area contributed by atoms with Crippen molar-refractivity contribution in [3.63, 3.8) is 0 Å². The summed E-state index contributed by atoms with van der Waals surface area (Å²) in [5.41, 5.74) is 0. The average molecular weight is 327 g/mol. The Morgan fingerprint density at radius 3 is 2.26 bits per heavy atom. The summed E-state index contributed by atoms with van der Waals surface area (Å²) in [5, 5.41) is 13.6. The zero-order valence-electron chi connectivity index (χ0n) is 15.5. The fourth-order valence-corrected chi connectivity index (χ4v) is 4.09. The van der Waals surface area contributed by atoms with Gasteiger partial charge in [-0.15, -0.1) is 0 Å². The van der Waals surface area contributed by atoms with Gasteiger partial charge in [-0.2, -0.15) is 0 Å². The molecule has 0 aromatic rings. The van der Waals surface area contributed by atoms with E-state index in [2.05, 4.69) is 31.0 Å². The molecule has 2 fully saturated rings. The predicted octanol–water partition coefficient (Wildman–Crippen LogP) is 2.37. The van der Waals surface area contributed by atoms with Gasteiger partial charge in [-0.25, -0.2) is 0 Å². The Hall–Kier alpha value is -0.160. The van der Waals surface area contributed by atoms with Gasteiger partial charge in [0.05, 0.1) is 12.7 Å². The molecular formula is C19H38N2O2. The van der Waals surface area contributed by atoms with Crippen LogP contribution in [-0.2, 0) is 4.74 Å². The van der Waals surface area contributed by atoms with Crippen LogP contribution in [0.15, 0.2) is 0 Å². The molecule has 2 aliphatic heterocycles. The maximum Gasteiger partial charge on any atom is 0.0900 e. The van der Waals surface area contributed by atoms with Crippen LogP contribution in [0.2, 0.25) is 0 Å². The number of β-amino-alcohol motifs (C(OH)–C–C–N with tert-alkyl or cyclic N) is 1. The third-order valence-electron chi connectivity index (χ3n) is 5.92. The van der Waals surface area contributed by atoms with Gasteiger partial charge in [0.1, 0.15) is 0 Å². The normalized spacial score (nSPS) is 24.9. The van der Waals surface area contributed by atoms with E-state index in [-0.39, 0.29) is 6.10 Å². The highest BCUT2D eigenvalue weighted by Crippen LogP contribution is 2.24. The molecule has 0 bridgehead atoms. The zero-order chi connectivity index (χ0) is 16.7. The van der Waals surface area contributed by atoms with Gasteiger partial charge in [0.2, 0.25) is 0 Å². The van der Waals surface area contributed by atoms with Crippen LogP contribution >= 0.6 is 0 Å². The Morgan fingerprint density at radius 1 is 1.00 bits per heavy atom. The number of hydrogen-bond acceptors (Lipinski definition) is 4. The van der Waals surface area contributed by atoms with E-state index in [0.717, 1.165) is 57.1 Å². The Labute approximate surface area is 143 Å². The quantitative estimate of drug-likeness (QED) is 0.719. The third-order valence-corrected chi connectivity index (χ3v) is 5.92. The fourth-order valence-electron chi connectivity index (χ4n) is 4.09. The van der Waals surface area contributed by atoms with Crippen LogP contribution < -0.4 is 5.32 Å². The van der Waals surface area contributed by atoms with Crippen molar-refractivity contribution >= 4 is 0 Å². The number of aliphatic hydroxyl groups excluding tert-OH is 1. The van der Waals surface area contributed by atoms with Gasteiger partial charge in [0, 0.05) is 13.2 Å². The second-order valence-electron chi connectivity index (χ2n) is 8.14. The lowest BCUT2D eigenvalue weighted by atomic mass is 9.86. The highest BCUT2D eigenvalue weighted by molar-refractivity contribution is 4.76. The van der Waals surface area contributed by atoms with Crippen LogP contribution in [0.1, 0.15) is 46.5 Å². The van der Waals surface area contributed by atoms with Crippen molar-refractivity contribution in [1.29, 1.82) is 0 Å². The summed E-state index contributed by atoms with van der Waals surface area (Å²) < 4.78 is 5.81. The molecule has 0 aromatic carbocycles. The highest BCUT2D eigenvalue weighted by atomic mass is 16.5. The molecule has 0 aromatic heterocycles. The van der Waals surface area contributed by atoms with Gasteiger partial charge in [0.15, 0.2) is 0 Å². The number of likely N-dealkylation sites (tertiary alicyclic amines) is 1. The monoisotopic (exact) mass is 326 g/mol. The molecule has 0 amide bonds. The maximum atomic E-state index is 10.2. The summed E-state index contributed by atoms with van der Waals surface area (Å²) in [6.45, 7) is 13.5. The molecule has 2 saturated heterocycles. The van der Waals surface area contributed by atoms with Crippen LogP contribution in [0.3, 0.4) is 0 Å². The van der Waals surface area contributed by atoms with E-state index in [4.69, 9.17) is 4.74 Å². The van der Waals surface area contributed by atoms with Crippen molar-refractivity contribution in [3.05, 3.63) is 0 Å². The second-order valence-corrected chi connectivity index (χ2v) is 8.14. The Kier molecular flexibility index (Phi) is 8.31. The molecule has 4 nitrogen and oxygen atoms in total. The molecule has 2 rings (SSSR count). The summed E-state index contributed by atoms with van der Waals surface area (Å²) >= 11 is 0. The van der Waals surface area contributed by atoms with Gasteiger partial charge < -0.3 is 20.1 Å². The molecule has 2 N–H and O–H groups in total. The molecule has 136 valence electrons. The van der Waals surface area contributed by atoms with Gasteiger partial charge in [-0.05, 0) is 75.5 Å². The first-order valence-electron chi connectivity index (χ1n) is 9.75. The van der Waals surface area contributed by atoms with Gasteiger partial charge in [-0.3, -0.25) is 0 Å². The van der Waals surface area contributed by atoms with Crippen molar-refractivity contribution < 1.29 is 9.84 Å². The molecule has 0 aliphatic carbocycles. The van der Waals surface area contributed by atoms with E-state index < -0.39 is 0 Å². The second kappa shape index (κ2) is 9.97. The SMILES string of the molecule is CC(C)C1CCN(CC(O)COCC(C)C2CCNCC2)CC1. The Bertz CT molecular complexity index is 310. The van der Waals surface area contributed by atoms with Crippen LogP contribution in [0.25, 0.3) is 0 Å². The summed E-state index contributed by atoms with van der Waals surface area (Å²) in [5.74, 6) is 3.04. The number of nitrogens with one attached hydrogen (secondary N) is 1. The third kappa shape index (κ3) is 6.69. The summed E-state index contributed by atoms with van der Waals surface area (Å²) in [6, 6.07) is 0. The Morgan fingerprint density at radius 2 is 1.65 bits per heavy atom. The number of hydrogen-bond donors (Lipinski definition) is 2. The highest BCUT2D eigenvalue weighted by Gasteiger charge is 2.23. The molecule has 2 heterocycles. The topological polar surface area (TPSA) is 44.7 Å². The first kappa shape index (κ1) is 19.2. The van der Waals surface area contributed by atoms with E-state index >= 15 is 0 Å². The minimum Gasteiger partial charge on any atom is -0.389 e. The molecular weight excluding hydrogens is 288 g/mol. The largest absolute Gasteiger partial charge is 0.389 e. The fraction of sp³-hybridized carbons (Fsp3) is 1.00. The van der Waals surface area contributed by atoms with Crippen molar-refractivity contribution in [2.75, 3.05) is 45.9 Å². The van der Waals surface area contributed by atoms with E-state index in [1.807, 2.05) is 0 Å². The molecule has 0 saturated carbocycles. The minimum atomic E-state index is -0.342. The van der Waals surface area contributed by atoms with Crippen molar-refractivity contribution in [2.24, 2.45) is 23.7 Å².